The maximum atomic E-state index is 12.0. The van der Waals surface area contributed by atoms with E-state index in [1.54, 1.807) is 48.5 Å². The third-order valence-electron chi connectivity index (χ3n) is 12.7. The van der Waals surface area contributed by atoms with Crippen molar-refractivity contribution in [3.8, 4) is 0 Å². The fourth-order valence-corrected chi connectivity index (χ4v) is 10.2. The fraction of sp³-hybridized carbons (Fsp3) is 0.0408. The first kappa shape index (κ1) is 34.5. The maximum Gasteiger partial charge on any atom is 0.425 e. The fourth-order valence-electron chi connectivity index (χ4n) is 10.2. The highest BCUT2D eigenvalue weighted by atomic mass is 16.4. The highest BCUT2D eigenvalue weighted by Gasteiger charge is 2.64. The molecule has 3 aromatic heterocycles. The van der Waals surface area contributed by atoms with E-state index in [4.69, 9.17) is 0 Å². The van der Waals surface area contributed by atoms with Gasteiger partial charge in [-0.1, -0.05) is 48.5 Å². The highest BCUT2D eigenvalue weighted by molar-refractivity contribution is 6.27. The Balaban J connectivity index is 1.29. The molecule has 0 saturated heterocycles. The SMILES string of the molecule is O=C(O)c1ccc(C2=c3ccc4n3C35n6c(ccc6C(c6ccc(C(=O)O)cc6)=c6ccc(n63)=C(c3ccc(C(=O)O)cc3)C3C=CC2=[N+]35)C=4c2ccc(C(=O)O)cc2)cc1. The van der Waals surface area contributed by atoms with Gasteiger partial charge in [-0.3, -0.25) is 0 Å². The average Bonchev–Trinajstić information content (AvgIpc) is 4.10. The van der Waals surface area contributed by atoms with Gasteiger partial charge in [-0.25, -0.2) is 32.9 Å². The number of hydrogen-bond acceptors (Lipinski definition) is 4. The second-order valence-electron chi connectivity index (χ2n) is 15.5. The van der Waals surface area contributed by atoms with E-state index < -0.39 is 29.8 Å². The van der Waals surface area contributed by atoms with Crippen LogP contribution in [-0.2, 0) is 5.91 Å². The third kappa shape index (κ3) is 4.29. The van der Waals surface area contributed by atoms with Crippen molar-refractivity contribution in [2.24, 2.45) is 0 Å². The molecule has 0 radical (unpaired) electrons. The van der Waals surface area contributed by atoms with E-state index in [-0.39, 0.29) is 28.3 Å². The zero-order valence-electron chi connectivity index (χ0n) is 31.6. The quantitative estimate of drug-likeness (QED) is 0.170. The number of rotatable bonds is 8. The lowest BCUT2D eigenvalue weighted by atomic mass is 9.92. The summed E-state index contributed by atoms with van der Waals surface area (Å²) in [6.07, 6.45) is 4.28. The normalized spacial score (nSPS) is 18.3. The summed E-state index contributed by atoms with van der Waals surface area (Å²) in [4.78, 5) is 48.0. The van der Waals surface area contributed by atoms with Gasteiger partial charge in [0.2, 0.25) is 11.8 Å². The van der Waals surface area contributed by atoms with Crippen LogP contribution in [0.4, 0.5) is 0 Å². The predicted octanol–water partition coefficient (Wildman–Crippen LogP) is 3.49. The maximum absolute atomic E-state index is 12.0. The number of carboxylic acids is 4. The summed E-state index contributed by atoms with van der Waals surface area (Å²) in [5.41, 5.74) is 10.0. The van der Waals surface area contributed by atoms with Gasteiger partial charge >= 0.3 is 29.8 Å². The Kier molecular flexibility index (Phi) is 6.68. The number of benzene rings is 4. The van der Waals surface area contributed by atoms with Gasteiger partial charge in [0.15, 0.2) is 0 Å². The van der Waals surface area contributed by atoms with E-state index in [0.717, 1.165) is 83.0 Å². The minimum absolute atomic E-state index is 0.158. The minimum atomic E-state index is -1.13. The summed E-state index contributed by atoms with van der Waals surface area (Å²) < 4.78 is 9.38. The number of aromatic carboxylic acids is 4. The standard InChI is InChI=1S/C49H28N4O8/c54-45(55)29-9-1-25(2-10-29)41-33-17-19-35-42(26-3-11-30(12-4-26)46(56)57)37-21-23-39-44(28-7-15-32(16-8-28)48(60)61)40-24-22-38-43(27-5-13-31(14-6-27)47(58)59)36-20-18-34(41)51(36)49(50(33)35,52(37)39)53(38)40/h1-24,33H,(H3-,54,55,56,57,58,59,60,61)/p+1. The molecule has 8 heterocycles. The number of allylic oxidation sites excluding steroid dienone is 1. The summed E-state index contributed by atoms with van der Waals surface area (Å²) in [5.74, 6) is -5.26. The van der Waals surface area contributed by atoms with Crippen molar-refractivity contribution in [1.82, 2.24) is 13.7 Å². The molecule has 0 amide bonds. The monoisotopic (exact) mass is 801 g/mol. The zero-order chi connectivity index (χ0) is 41.6. The van der Waals surface area contributed by atoms with Crippen LogP contribution in [0.1, 0.15) is 75.1 Å². The zero-order valence-corrected chi connectivity index (χ0v) is 31.6. The number of hydrogen-bond donors (Lipinski definition) is 4. The molecule has 61 heavy (non-hydrogen) atoms. The first-order valence-corrected chi connectivity index (χ1v) is 19.4. The molecule has 0 saturated carbocycles. The molecule has 7 aromatic rings. The Morgan fingerprint density at radius 2 is 0.787 bits per heavy atom. The van der Waals surface area contributed by atoms with Crippen LogP contribution in [0.3, 0.4) is 0 Å². The average molecular weight is 802 g/mol. The molecule has 1 spiro atoms. The summed E-state index contributed by atoms with van der Waals surface area (Å²) in [6.45, 7) is 0. The molecule has 12 nitrogen and oxygen atoms in total. The molecule has 5 aliphatic rings. The van der Waals surface area contributed by atoms with Gasteiger partial charge in [0.25, 0.3) is 0 Å². The van der Waals surface area contributed by atoms with Crippen LogP contribution < -0.4 is 21.4 Å². The summed E-state index contributed by atoms with van der Waals surface area (Å²) in [6, 6.07) is 39.6. The topological polar surface area (TPSA) is 167 Å². The van der Waals surface area contributed by atoms with Crippen molar-refractivity contribution in [2.75, 3.05) is 0 Å². The molecule has 0 bridgehead atoms. The van der Waals surface area contributed by atoms with Crippen LogP contribution in [0.25, 0.3) is 22.3 Å². The van der Waals surface area contributed by atoms with E-state index in [2.05, 4.69) is 66.8 Å². The van der Waals surface area contributed by atoms with E-state index >= 15 is 0 Å². The molecule has 0 fully saturated rings. The summed E-state index contributed by atoms with van der Waals surface area (Å²) in [5, 5.41) is 42.8. The Morgan fingerprint density at radius 1 is 0.426 bits per heavy atom. The Hall–Kier alpha value is -8.51. The molecule has 4 aromatic carbocycles. The first-order valence-electron chi connectivity index (χ1n) is 19.4. The number of aromatic nitrogens is 3. The van der Waals surface area contributed by atoms with E-state index in [9.17, 15) is 39.6 Å². The second-order valence-corrected chi connectivity index (χ2v) is 15.5. The molecular weight excluding hydrogens is 773 g/mol. The minimum Gasteiger partial charge on any atom is -0.478 e. The second kappa shape index (κ2) is 11.8. The molecular formula is C49H29N4O8+. The van der Waals surface area contributed by atoms with Gasteiger partial charge in [0.05, 0.1) is 66.2 Å². The van der Waals surface area contributed by atoms with Crippen LogP contribution in [0.2, 0.25) is 0 Å². The molecule has 4 N–H and O–H groups in total. The lowest BCUT2D eigenvalue weighted by Gasteiger charge is -2.47. The van der Waals surface area contributed by atoms with Crippen LogP contribution in [0.5, 0.6) is 0 Å². The first-order chi connectivity index (χ1) is 29.6. The van der Waals surface area contributed by atoms with Crippen LogP contribution in [0.15, 0.2) is 146 Å². The molecule has 0 aliphatic carbocycles. The van der Waals surface area contributed by atoms with Crippen LogP contribution in [0, 0.1) is 0 Å². The highest BCUT2D eigenvalue weighted by Crippen LogP contribution is 2.45. The predicted molar refractivity (Wildman–Crippen MR) is 221 cm³/mol. The largest absolute Gasteiger partial charge is 0.478 e. The van der Waals surface area contributed by atoms with Crippen molar-refractivity contribution in [3.63, 3.8) is 0 Å². The Bertz CT molecular complexity index is 3550. The van der Waals surface area contributed by atoms with Crippen molar-refractivity contribution < 1.29 is 44.2 Å². The van der Waals surface area contributed by atoms with Crippen molar-refractivity contribution in [2.45, 2.75) is 12.0 Å². The molecule has 2 unspecified atom stereocenters. The number of carboxylic acid groups (broad SMARTS) is 4. The lowest BCUT2D eigenvalue weighted by Crippen LogP contribution is -2.75. The summed E-state index contributed by atoms with van der Waals surface area (Å²) >= 11 is 0. The van der Waals surface area contributed by atoms with Crippen molar-refractivity contribution >= 4 is 51.9 Å². The van der Waals surface area contributed by atoms with Gasteiger partial charge < -0.3 is 20.4 Å². The lowest BCUT2D eigenvalue weighted by molar-refractivity contribution is -0.668. The van der Waals surface area contributed by atoms with Gasteiger partial charge in [0, 0.05) is 17.2 Å². The molecule has 12 heteroatoms. The van der Waals surface area contributed by atoms with Crippen molar-refractivity contribution in [3.05, 3.63) is 223 Å². The third-order valence-corrected chi connectivity index (χ3v) is 12.7. The van der Waals surface area contributed by atoms with Crippen LogP contribution in [-0.4, -0.2) is 74.3 Å². The smallest absolute Gasteiger partial charge is 0.425 e. The van der Waals surface area contributed by atoms with E-state index in [1.165, 1.54) is 0 Å². The van der Waals surface area contributed by atoms with Crippen molar-refractivity contribution in [1.29, 1.82) is 0 Å². The molecule has 292 valence electrons. The van der Waals surface area contributed by atoms with Gasteiger partial charge in [-0.15, -0.1) is 0 Å². The van der Waals surface area contributed by atoms with Gasteiger partial charge in [-0.05, 0) is 113 Å². The van der Waals surface area contributed by atoms with Gasteiger partial charge in [-0.2, -0.15) is 4.58 Å². The Labute approximate surface area is 343 Å². The van der Waals surface area contributed by atoms with Crippen LogP contribution >= 0.6 is 0 Å². The Morgan fingerprint density at radius 3 is 1.21 bits per heavy atom. The molecule has 2 atom stereocenters. The number of carbonyl (C=O) groups is 4. The van der Waals surface area contributed by atoms with Gasteiger partial charge in [0.1, 0.15) is 0 Å². The molecule has 12 rings (SSSR count). The van der Waals surface area contributed by atoms with E-state index in [0.29, 0.717) is 0 Å². The molecule has 5 aliphatic heterocycles. The van der Waals surface area contributed by atoms with E-state index in [1.807, 2.05) is 48.5 Å². The number of nitrogens with zero attached hydrogens (tertiary/aromatic N) is 4. The summed E-state index contributed by atoms with van der Waals surface area (Å²) in [7, 11) is 0.